The van der Waals surface area contributed by atoms with Crippen LogP contribution in [0.25, 0.3) is 0 Å². The number of hydrogen-bond acceptors (Lipinski definition) is 2. The van der Waals surface area contributed by atoms with Crippen molar-refractivity contribution in [2.24, 2.45) is 17.8 Å². The minimum absolute atomic E-state index is 0.0196. The molecule has 0 bridgehead atoms. The average molecular weight is 240 g/mol. The summed E-state index contributed by atoms with van der Waals surface area (Å²) in [4.78, 5) is 14.5. The quantitative estimate of drug-likeness (QED) is 0.800. The maximum absolute atomic E-state index is 12.4. The standard InChI is InChI=1S/C14H28N2O/c1-7-11(6)12-14(17)16(8-9(2)3)13(15-12)10(4)5/h9-13,15H,7-8H2,1-6H3. The van der Waals surface area contributed by atoms with Crippen molar-refractivity contribution in [3.05, 3.63) is 0 Å². The van der Waals surface area contributed by atoms with E-state index in [1.807, 2.05) is 4.90 Å². The van der Waals surface area contributed by atoms with E-state index in [1.165, 1.54) is 0 Å². The molecule has 1 saturated heterocycles. The molecule has 3 atom stereocenters. The topological polar surface area (TPSA) is 32.3 Å². The van der Waals surface area contributed by atoms with Crippen LogP contribution >= 0.6 is 0 Å². The van der Waals surface area contributed by atoms with E-state index in [2.05, 4.69) is 46.9 Å². The lowest BCUT2D eigenvalue weighted by Gasteiger charge is -2.28. The summed E-state index contributed by atoms with van der Waals surface area (Å²) in [6.45, 7) is 13.9. The molecule has 0 saturated carbocycles. The summed E-state index contributed by atoms with van der Waals surface area (Å²) in [5, 5.41) is 3.52. The van der Waals surface area contributed by atoms with Gasteiger partial charge in [-0.05, 0) is 17.8 Å². The Bertz CT molecular complexity index is 263. The second-order valence-corrected chi connectivity index (χ2v) is 6.10. The molecular formula is C14H28N2O. The summed E-state index contributed by atoms with van der Waals surface area (Å²) in [5.74, 6) is 1.71. The van der Waals surface area contributed by atoms with Gasteiger partial charge in [0, 0.05) is 6.54 Å². The third kappa shape index (κ3) is 3.21. The van der Waals surface area contributed by atoms with E-state index in [1.54, 1.807) is 0 Å². The lowest BCUT2D eigenvalue weighted by Crippen LogP contribution is -2.43. The summed E-state index contributed by atoms with van der Waals surface area (Å²) in [5.41, 5.74) is 0. The highest BCUT2D eigenvalue weighted by atomic mass is 16.2. The van der Waals surface area contributed by atoms with Crippen molar-refractivity contribution in [2.75, 3.05) is 6.54 Å². The molecule has 0 aromatic carbocycles. The van der Waals surface area contributed by atoms with Crippen LogP contribution in [0.1, 0.15) is 48.0 Å². The van der Waals surface area contributed by atoms with Gasteiger partial charge in [0.15, 0.2) is 0 Å². The van der Waals surface area contributed by atoms with Crippen LogP contribution in [0.3, 0.4) is 0 Å². The highest BCUT2D eigenvalue weighted by molar-refractivity contribution is 5.84. The molecule has 1 amide bonds. The van der Waals surface area contributed by atoms with Gasteiger partial charge in [-0.1, -0.05) is 48.0 Å². The first kappa shape index (κ1) is 14.5. The molecule has 1 aliphatic heterocycles. The van der Waals surface area contributed by atoms with Crippen molar-refractivity contribution >= 4 is 5.91 Å². The van der Waals surface area contributed by atoms with Gasteiger partial charge in [-0.25, -0.2) is 0 Å². The number of nitrogens with zero attached hydrogens (tertiary/aromatic N) is 1. The van der Waals surface area contributed by atoms with Crippen molar-refractivity contribution in [1.29, 1.82) is 0 Å². The smallest absolute Gasteiger partial charge is 0.241 e. The summed E-state index contributed by atoms with van der Waals surface area (Å²) in [6.07, 6.45) is 1.26. The summed E-state index contributed by atoms with van der Waals surface area (Å²) < 4.78 is 0. The van der Waals surface area contributed by atoms with Crippen LogP contribution in [0.2, 0.25) is 0 Å². The zero-order valence-electron chi connectivity index (χ0n) is 12.2. The van der Waals surface area contributed by atoms with E-state index < -0.39 is 0 Å². The maximum Gasteiger partial charge on any atom is 0.241 e. The molecule has 3 unspecified atom stereocenters. The van der Waals surface area contributed by atoms with Crippen LogP contribution in [0, 0.1) is 17.8 Å². The van der Waals surface area contributed by atoms with E-state index in [0.717, 1.165) is 13.0 Å². The van der Waals surface area contributed by atoms with Gasteiger partial charge in [0.2, 0.25) is 5.91 Å². The lowest BCUT2D eigenvalue weighted by atomic mass is 9.99. The number of nitrogens with one attached hydrogen (secondary N) is 1. The number of rotatable bonds is 5. The largest absolute Gasteiger partial charge is 0.325 e. The molecule has 100 valence electrons. The first-order chi connectivity index (χ1) is 7.88. The Kier molecular flexibility index (Phi) is 4.99. The molecule has 3 nitrogen and oxygen atoms in total. The molecule has 17 heavy (non-hydrogen) atoms. The zero-order chi connectivity index (χ0) is 13.2. The highest BCUT2D eigenvalue weighted by Crippen LogP contribution is 2.24. The Hall–Kier alpha value is -0.570. The van der Waals surface area contributed by atoms with Crippen molar-refractivity contribution in [3.8, 4) is 0 Å². The van der Waals surface area contributed by atoms with Gasteiger partial charge in [-0.2, -0.15) is 0 Å². The fourth-order valence-electron chi connectivity index (χ4n) is 2.45. The van der Waals surface area contributed by atoms with E-state index in [4.69, 9.17) is 0 Å². The van der Waals surface area contributed by atoms with Crippen LogP contribution in [0.15, 0.2) is 0 Å². The zero-order valence-corrected chi connectivity index (χ0v) is 12.2. The van der Waals surface area contributed by atoms with Crippen LogP contribution in [-0.2, 0) is 4.79 Å². The summed E-state index contributed by atoms with van der Waals surface area (Å²) in [7, 11) is 0. The van der Waals surface area contributed by atoms with Crippen LogP contribution in [0.5, 0.6) is 0 Å². The third-order valence-corrected chi connectivity index (χ3v) is 3.64. The van der Waals surface area contributed by atoms with Gasteiger partial charge in [-0.3, -0.25) is 10.1 Å². The fraction of sp³-hybridized carbons (Fsp3) is 0.929. The second-order valence-electron chi connectivity index (χ2n) is 6.10. The molecule has 0 aromatic heterocycles. The second kappa shape index (κ2) is 5.85. The van der Waals surface area contributed by atoms with Gasteiger partial charge in [0.25, 0.3) is 0 Å². The molecule has 1 fully saturated rings. The molecule has 0 aromatic rings. The molecule has 0 aliphatic carbocycles. The summed E-state index contributed by atoms with van der Waals surface area (Å²) >= 11 is 0. The van der Waals surface area contributed by atoms with Crippen LogP contribution in [0.4, 0.5) is 0 Å². The van der Waals surface area contributed by atoms with Gasteiger partial charge < -0.3 is 4.90 Å². The molecule has 1 rings (SSSR count). The summed E-state index contributed by atoms with van der Waals surface area (Å²) in [6, 6.07) is 0.0196. The van der Waals surface area contributed by atoms with Gasteiger partial charge in [0.05, 0.1) is 12.2 Å². The normalized spacial score (nSPS) is 27.3. The third-order valence-electron chi connectivity index (χ3n) is 3.64. The molecule has 0 spiro atoms. The molecule has 1 heterocycles. The minimum Gasteiger partial charge on any atom is -0.325 e. The first-order valence-corrected chi connectivity index (χ1v) is 6.95. The van der Waals surface area contributed by atoms with E-state index in [9.17, 15) is 4.79 Å². The predicted octanol–water partition coefficient (Wildman–Crippen LogP) is 2.47. The average Bonchev–Trinajstić information content (AvgIpc) is 2.55. The number of hydrogen-bond donors (Lipinski definition) is 1. The SMILES string of the molecule is CCC(C)C1NC(C(C)C)N(CC(C)C)C1=O. The van der Waals surface area contributed by atoms with Crippen molar-refractivity contribution < 1.29 is 4.79 Å². The molecule has 1 N–H and O–H groups in total. The van der Waals surface area contributed by atoms with E-state index in [0.29, 0.717) is 23.7 Å². The number of carbonyl (C=O) groups excluding carboxylic acids is 1. The van der Waals surface area contributed by atoms with Gasteiger partial charge in [-0.15, -0.1) is 0 Å². The Morgan fingerprint density at radius 2 is 1.82 bits per heavy atom. The molecule has 0 radical (unpaired) electrons. The Labute approximate surface area is 106 Å². The van der Waals surface area contributed by atoms with Crippen molar-refractivity contribution in [1.82, 2.24) is 10.2 Å². The molecule has 1 aliphatic rings. The Morgan fingerprint density at radius 3 is 2.24 bits per heavy atom. The van der Waals surface area contributed by atoms with Crippen molar-refractivity contribution in [2.45, 2.75) is 60.2 Å². The van der Waals surface area contributed by atoms with Crippen LogP contribution in [-0.4, -0.2) is 29.6 Å². The van der Waals surface area contributed by atoms with E-state index in [-0.39, 0.29) is 12.2 Å². The van der Waals surface area contributed by atoms with E-state index >= 15 is 0 Å². The maximum atomic E-state index is 12.4. The van der Waals surface area contributed by atoms with Gasteiger partial charge in [0.1, 0.15) is 0 Å². The van der Waals surface area contributed by atoms with Gasteiger partial charge >= 0.3 is 0 Å². The molecule has 3 heteroatoms. The van der Waals surface area contributed by atoms with Crippen molar-refractivity contribution in [3.63, 3.8) is 0 Å². The highest BCUT2D eigenvalue weighted by Gasteiger charge is 2.41. The Morgan fingerprint density at radius 1 is 1.24 bits per heavy atom. The number of carbonyl (C=O) groups is 1. The lowest BCUT2D eigenvalue weighted by molar-refractivity contribution is -0.131. The fourth-order valence-corrected chi connectivity index (χ4v) is 2.45. The molecular weight excluding hydrogens is 212 g/mol. The Balaban J connectivity index is 2.81. The number of amides is 1. The first-order valence-electron chi connectivity index (χ1n) is 6.95. The predicted molar refractivity (Wildman–Crippen MR) is 71.6 cm³/mol. The van der Waals surface area contributed by atoms with Crippen LogP contribution < -0.4 is 5.32 Å². The minimum atomic E-state index is 0.0196. The monoisotopic (exact) mass is 240 g/mol.